The summed E-state index contributed by atoms with van der Waals surface area (Å²) in [5.74, 6) is -0.387. The normalized spacial score (nSPS) is 9.17. The van der Waals surface area contributed by atoms with Crippen LogP contribution < -0.4 is 5.22 Å². The van der Waals surface area contributed by atoms with Crippen molar-refractivity contribution in [2.45, 2.75) is 6.92 Å². The molecule has 0 aliphatic carbocycles. The molecule has 0 aromatic carbocycles. The summed E-state index contributed by atoms with van der Waals surface area (Å²) in [4.78, 5) is 10.0. The Morgan fingerprint density at radius 1 is 2.33 bits per heavy atom. The number of carbonyl (C=O) groups is 1. The molecule has 0 saturated carbocycles. The van der Waals surface area contributed by atoms with E-state index in [1.165, 1.54) is 6.92 Å². The predicted molar refractivity (Wildman–Crippen MR) is 25.3 cm³/mol. The van der Waals surface area contributed by atoms with Crippen LogP contribution in [0.15, 0.2) is 0 Å². The monoisotopic (exact) mass is 81.1 g/mol. The van der Waals surface area contributed by atoms with Crippen molar-refractivity contribution in [2.75, 3.05) is 0 Å². The number of hydrogen-bond donors (Lipinski definition) is 1. The van der Waals surface area contributed by atoms with Crippen LogP contribution in [0.5, 0.6) is 0 Å². The van der Waals surface area contributed by atoms with E-state index in [4.69, 9.17) is 9.15 Å². The molecule has 1 amide bonds. The van der Waals surface area contributed by atoms with Crippen LogP contribution in [0.2, 0.25) is 1.41 Å². The minimum Gasteiger partial charge on any atom is -0.413 e. The smallest absolute Gasteiger partial charge is 0.204 e. The predicted octanol–water partition coefficient (Wildman–Crippen LogP) is -1.17. The first kappa shape index (κ1) is 3.78. The lowest BCUT2D eigenvalue weighted by Gasteiger charge is -1.87. The highest BCUT2D eigenvalue weighted by atomic mass is 16.1. The van der Waals surface area contributed by atoms with Crippen LogP contribution in [0, 0.1) is 0 Å². The molecule has 0 fully saturated rings. The summed E-state index contributed by atoms with van der Waals surface area (Å²) in [6, 6.07) is 0. The maximum absolute atomic E-state index is 10.0. The maximum atomic E-state index is 10.0. The second-order valence-corrected chi connectivity index (χ2v) is 0.797. The number of nitrogens with one attached hydrogen (secondary N) is 1. The van der Waals surface area contributed by atoms with Gasteiger partial charge in [0.25, 0.3) is 0 Å². The van der Waals surface area contributed by atoms with Crippen molar-refractivity contribution in [1.29, 1.82) is 0 Å². The zero-order valence-corrected chi connectivity index (χ0v) is 3.51. The fourth-order valence-corrected chi connectivity index (χ4v) is 0.105. The summed E-state index contributed by atoms with van der Waals surface area (Å²) >= 11 is 0. The standard InChI is InChI=1S/C2H4B2NO/c1-2(6)5-4-3/h1H3,(H,5,6)/i/hD. The molecule has 0 unspecified atom stereocenters. The first-order valence-corrected chi connectivity index (χ1v) is 1.52. The highest BCUT2D eigenvalue weighted by Crippen LogP contribution is 1.48. The highest BCUT2D eigenvalue weighted by Gasteiger charge is 1.80. The molecule has 3 radical (unpaired) electrons. The second kappa shape index (κ2) is 2.82. The molecule has 2 nitrogen and oxygen atoms in total. The zero-order chi connectivity index (χ0) is 5.86. The Kier molecular flexibility index (Phi) is 1.77. The SMILES string of the molecule is [2H]N([B][B])C(C)=O. The Hall–Kier alpha value is -0.400. The molecule has 4 heteroatoms. The average molecular weight is 80.7 g/mol. The van der Waals surface area contributed by atoms with Gasteiger partial charge in [0.15, 0.2) is 7.31 Å². The molecule has 0 aromatic rings. The van der Waals surface area contributed by atoms with E-state index in [0.717, 1.165) is 7.31 Å². The lowest BCUT2D eigenvalue weighted by atomic mass is 9.67. The van der Waals surface area contributed by atoms with Gasteiger partial charge in [0.1, 0.15) is 1.41 Å². The fourth-order valence-electron chi connectivity index (χ4n) is 0.105. The molecule has 0 aliphatic rings. The van der Waals surface area contributed by atoms with Crippen molar-refractivity contribution in [3.05, 3.63) is 0 Å². The average Bonchev–Trinajstić information content (AvgIpc) is 1.65. The summed E-state index contributed by atoms with van der Waals surface area (Å²) in [6.45, 7) is 1.26. The summed E-state index contributed by atoms with van der Waals surface area (Å²) in [7, 11) is 5.66. The molecule has 6 heavy (non-hydrogen) atoms. The molecular formula is C2H4B2NO. The second-order valence-electron chi connectivity index (χ2n) is 0.797. The molecule has 0 atom stereocenters. The van der Waals surface area contributed by atoms with Crippen molar-refractivity contribution in [3.63, 3.8) is 0 Å². The molecule has 0 bridgehead atoms. The summed E-state index contributed by atoms with van der Waals surface area (Å²) < 4.78 is 6.58. The Balaban J connectivity index is 3.34. The van der Waals surface area contributed by atoms with Crippen molar-refractivity contribution in [1.82, 2.24) is 5.22 Å². The Bertz CT molecular complexity index is 78.1. The first-order valence-electron chi connectivity index (χ1n) is 1.97. The van der Waals surface area contributed by atoms with Crippen molar-refractivity contribution in [3.8, 4) is 0 Å². The van der Waals surface area contributed by atoms with Gasteiger partial charge in [-0.3, -0.25) is 4.79 Å². The van der Waals surface area contributed by atoms with Gasteiger partial charge in [0.2, 0.25) is 5.91 Å². The quantitative estimate of drug-likeness (QED) is 0.395. The summed E-state index contributed by atoms with van der Waals surface area (Å²) in [5.41, 5.74) is 0. The van der Waals surface area contributed by atoms with Gasteiger partial charge in [-0.05, 0) is 0 Å². The molecule has 0 rings (SSSR count). The lowest BCUT2D eigenvalue weighted by molar-refractivity contribution is -0.117. The molecule has 0 spiro atoms. The first-order chi connectivity index (χ1) is 3.18. The van der Waals surface area contributed by atoms with Gasteiger partial charge in [0, 0.05) is 14.7 Å². The Morgan fingerprint density at radius 3 is 2.83 bits per heavy atom. The highest BCUT2D eigenvalue weighted by molar-refractivity contribution is 6.88. The minimum absolute atomic E-state index is 0.387. The number of amides is 1. The Morgan fingerprint density at radius 2 is 2.83 bits per heavy atom. The number of hydrogen-bond acceptors (Lipinski definition) is 1. The third-order valence-electron chi connectivity index (χ3n) is 0.256. The molecule has 1 N–H and O–H groups in total. The van der Waals surface area contributed by atoms with Crippen LogP contribution in [0.4, 0.5) is 0 Å². The molecule has 0 heterocycles. The molecule has 29 valence electrons. The zero-order valence-electron chi connectivity index (χ0n) is 4.51. The van der Waals surface area contributed by atoms with Crippen molar-refractivity contribution >= 4 is 20.9 Å². The van der Waals surface area contributed by atoms with E-state index in [9.17, 15) is 4.79 Å². The van der Waals surface area contributed by atoms with Crippen molar-refractivity contribution in [2.24, 2.45) is 0 Å². The molecule has 0 aliphatic heterocycles. The van der Waals surface area contributed by atoms with Crippen LogP contribution in [0.1, 0.15) is 6.92 Å². The van der Waals surface area contributed by atoms with Crippen LogP contribution in [-0.4, -0.2) is 20.9 Å². The maximum Gasteiger partial charge on any atom is 0.204 e. The van der Waals surface area contributed by atoms with Crippen LogP contribution in [0.3, 0.4) is 0 Å². The summed E-state index contributed by atoms with van der Waals surface area (Å²) in [5, 5.41) is 0.556. The van der Waals surface area contributed by atoms with Gasteiger partial charge in [-0.25, -0.2) is 0 Å². The van der Waals surface area contributed by atoms with Gasteiger partial charge < -0.3 is 5.22 Å². The van der Waals surface area contributed by atoms with Gasteiger partial charge >= 0.3 is 0 Å². The Labute approximate surface area is 40.4 Å². The van der Waals surface area contributed by atoms with Crippen LogP contribution >= 0.6 is 0 Å². The van der Waals surface area contributed by atoms with Crippen LogP contribution in [-0.2, 0) is 4.79 Å². The minimum atomic E-state index is -0.387. The van der Waals surface area contributed by atoms with E-state index < -0.39 is 0 Å². The van der Waals surface area contributed by atoms with Crippen LogP contribution in [0.25, 0.3) is 0 Å². The van der Waals surface area contributed by atoms with Gasteiger partial charge in [-0.1, -0.05) is 0 Å². The fraction of sp³-hybridized carbons (Fsp3) is 0.500. The lowest BCUT2D eigenvalue weighted by Crippen LogP contribution is -2.24. The molecule has 0 saturated heterocycles. The summed E-state index contributed by atoms with van der Waals surface area (Å²) in [6.07, 6.45) is 0. The van der Waals surface area contributed by atoms with E-state index in [0.29, 0.717) is 5.22 Å². The van der Waals surface area contributed by atoms with E-state index in [-0.39, 0.29) is 5.91 Å². The number of carbonyl (C=O) groups excluding carboxylic acids is 1. The van der Waals surface area contributed by atoms with Crippen molar-refractivity contribution < 1.29 is 6.21 Å². The van der Waals surface area contributed by atoms with E-state index in [1.807, 2.05) is 0 Å². The van der Waals surface area contributed by atoms with E-state index >= 15 is 0 Å². The van der Waals surface area contributed by atoms with E-state index in [2.05, 4.69) is 0 Å². The third-order valence-corrected chi connectivity index (χ3v) is 0.256. The topological polar surface area (TPSA) is 29.1 Å². The van der Waals surface area contributed by atoms with Gasteiger partial charge in [-0.2, -0.15) is 0 Å². The van der Waals surface area contributed by atoms with Gasteiger partial charge in [0.05, 0.1) is 0 Å². The van der Waals surface area contributed by atoms with Gasteiger partial charge in [-0.15, -0.1) is 0 Å². The molecule has 0 aromatic heterocycles. The largest absolute Gasteiger partial charge is 0.413 e. The molecular weight excluding hydrogens is 75.7 g/mol. The third kappa shape index (κ3) is 3.60. The number of rotatable bonds is 1. The van der Waals surface area contributed by atoms with E-state index in [1.54, 1.807) is 0 Å².